The lowest BCUT2D eigenvalue weighted by Crippen LogP contribution is -2.10. The molecule has 1 aromatic carbocycles. The van der Waals surface area contributed by atoms with Gasteiger partial charge in [0, 0.05) is 11.6 Å². The van der Waals surface area contributed by atoms with Crippen LogP contribution in [-0.4, -0.2) is 24.8 Å². The predicted octanol–water partition coefficient (Wildman–Crippen LogP) is 1.15. The van der Waals surface area contributed by atoms with Gasteiger partial charge in [0.05, 0.1) is 5.69 Å². The molecule has 7 nitrogen and oxygen atoms in total. The quantitative estimate of drug-likeness (QED) is 0.480. The third-order valence-electron chi connectivity index (χ3n) is 3.22. The zero-order chi connectivity index (χ0) is 13.7. The van der Waals surface area contributed by atoms with Gasteiger partial charge in [-0.25, -0.2) is 0 Å². The summed E-state index contributed by atoms with van der Waals surface area (Å²) in [6, 6.07) is 11.5. The van der Waals surface area contributed by atoms with E-state index in [1.807, 2.05) is 30.3 Å². The molecule has 0 atom stereocenters. The number of hydrogen-bond acceptors (Lipinski definition) is 4. The van der Waals surface area contributed by atoms with Crippen molar-refractivity contribution in [2.45, 2.75) is 0 Å². The normalized spacial score (nSPS) is 11.4. The SMILES string of the molecule is Nc1[nH]nc2c1c(=O)[nH]c1cc(-c3ccccc3)nn12. The van der Waals surface area contributed by atoms with Gasteiger partial charge in [-0.3, -0.25) is 9.89 Å². The van der Waals surface area contributed by atoms with Gasteiger partial charge in [-0.05, 0) is 0 Å². The van der Waals surface area contributed by atoms with Gasteiger partial charge in [0.2, 0.25) is 0 Å². The van der Waals surface area contributed by atoms with Gasteiger partial charge < -0.3 is 10.7 Å². The zero-order valence-corrected chi connectivity index (χ0v) is 10.3. The van der Waals surface area contributed by atoms with E-state index < -0.39 is 0 Å². The summed E-state index contributed by atoms with van der Waals surface area (Å²) >= 11 is 0. The molecule has 98 valence electrons. The highest BCUT2D eigenvalue weighted by molar-refractivity contribution is 5.86. The Morgan fingerprint density at radius 3 is 2.80 bits per heavy atom. The molecule has 4 aromatic rings. The Labute approximate surface area is 112 Å². The second-order valence-corrected chi connectivity index (χ2v) is 4.48. The highest BCUT2D eigenvalue weighted by Crippen LogP contribution is 2.20. The fourth-order valence-electron chi connectivity index (χ4n) is 2.28. The number of aromatic amines is 2. The average molecular weight is 266 g/mol. The van der Waals surface area contributed by atoms with Crippen molar-refractivity contribution in [1.29, 1.82) is 0 Å². The molecule has 0 unspecified atom stereocenters. The fraction of sp³-hybridized carbons (Fsp3) is 0. The molecule has 0 saturated carbocycles. The van der Waals surface area contributed by atoms with Crippen LogP contribution in [0.1, 0.15) is 0 Å². The predicted molar refractivity (Wildman–Crippen MR) is 75.3 cm³/mol. The third kappa shape index (κ3) is 1.37. The zero-order valence-electron chi connectivity index (χ0n) is 10.3. The molecular weight excluding hydrogens is 256 g/mol. The molecule has 0 fully saturated rings. The van der Waals surface area contributed by atoms with Gasteiger partial charge in [-0.2, -0.15) is 14.7 Å². The second kappa shape index (κ2) is 3.70. The molecule has 0 aliphatic heterocycles. The highest BCUT2D eigenvalue weighted by Gasteiger charge is 2.14. The van der Waals surface area contributed by atoms with Crippen LogP contribution in [0.3, 0.4) is 0 Å². The van der Waals surface area contributed by atoms with Crippen molar-refractivity contribution in [3.63, 3.8) is 0 Å². The minimum absolute atomic E-state index is 0.236. The van der Waals surface area contributed by atoms with E-state index in [4.69, 9.17) is 5.73 Å². The summed E-state index contributed by atoms with van der Waals surface area (Å²) in [5, 5.41) is 11.4. The highest BCUT2D eigenvalue weighted by atomic mass is 16.1. The van der Waals surface area contributed by atoms with Gasteiger partial charge in [0.15, 0.2) is 5.65 Å². The van der Waals surface area contributed by atoms with Gasteiger partial charge in [0.25, 0.3) is 5.56 Å². The van der Waals surface area contributed by atoms with E-state index in [-0.39, 0.29) is 11.4 Å². The number of aromatic nitrogens is 5. The van der Waals surface area contributed by atoms with Crippen LogP contribution in [0.4, 0.5) is 5.82 Å². The van der Waals surface area contributed by atoms with Crippen LogP contribution in [0.15, 0.2) is 41.2 Å². The molecule has 20 heavy (non-hydrogen) atoms. The number of nitrogen functional groups attached to an aromatic ring is 1. The summed E-state index contributed by atoms with van der Waals surface area (Å²) < 4.78 is 1.58. The summed E-state index contributed by atoms with van der Waals surface area (Å²) in [4.78, 5) is 14.7. The number of H-pyrrole nitrogens is 2. The Bertz CT molecular complexity index is 979. The fourth-order valence-corrected chi connectivity index (χ4v) is 2.28. The molecule has 4 N–H and O–H groups in total. The molecule has 0 radical (unpaired) electrons. The number of hydrogen-bond donors (Lipinski definition) is 3. The molecular formula is C13H10N6O. The van der Waals surface area contributed by atoms with Crippen LogP contribution in [0, 0.1) is 0 Å². The number of fused-ring (bicyclic) bond motifs is 3. The maximum absolute atomic E-state index is 12.0. The Hall–Kier alpha value is -3.09. The van der Waals surface area contributed by atoms with Gasteiger partial charge in [-0.15, -0.1) is 0 Å². The van der Waals surface area contributed by atoms with E-state index in [9.17, 15) is 4.79 Å². The summed E-state index contributed by atoms with van der Waals surface area (Å²) in [5.74, 6) is 0.236. The molecule has 0 bridgehead atoms. The first kappa shape index (κ1) is 10.8. The summed E-state index contributed by atoms with van der Waals surface area (Å²) in [5.41, 5.74) is 8.15. The molecule has 0 saturated heterocycles. The number of rotatable bonds is 1. The molecule has 4 rings (SSSR count). The number of nitrogens with two attached hydrogens (primary N) is 1. The monoisotopic (exact) mass is 266 g/mol. The third-order valence-corrected chi connectivity index (χ3v) is 3.22. The van der Waals surface area contributed by atoms with Crippen LogP contribution in [0.2, 0.25) is 0 Å². The summed E-state index contributed by atoms with van der Waals surface area (Å²) in [7, 11) is 0. The van der Waals surface area contributed by atoms with Crippen molar-refractivity contribution in [3.8, 4) is 11.3 Å². The Kier molecular flexibility index (Phi) is 2.00. The van der Waals surface area contributed by atoms with E-state index in [2.05, 4.69) is 20.3 Å². The Morgan fingerprint density at radius 2 is 2.00 bits per heavy atom. The molecule has 3 aromatic heterocycles. The lowest BCUT2D eigenvalue weighted by molar-refractivity contribution is 0.949. The van der Waals surface area contributed by atoms with Gasteiger partial charge in [-0.1, -0.05) is 30.3 Å². The van der Waals surface area contributed by atoms with E-state index in [1.54, 1.807) is 10.6 Å². The first-order chi connectivity index (χ1) is 9.74. The van der Waals surface area contributed by atoms with Crippen LogP contribution in [0.25, 0.3) is 27.9 Å². The summed E-state index contributed by atoms with van der Waals surface area (Å²) in [6.45, 7) is 0. The lowest BCUT2D eigenvalue weighted by Gasteiger charge is -1.94. The minimum Gasteiger partial charge on any atom is -0.383 e. The topological polar surface area (TPSA) is 105 Å². The van der Waals surface area contributed by atoms with E-state index >= 15 is 0 Å². The first-order valence-corrected chi connectivity index (χ1v) is 6.05. The number of benzene rings is 1. The molecule has 7 heteroatoms. The van der Waals surface area contributed by atoms with Gasteiger partial charge in [0.1, 0.15) is 16.9 Å². The van der Waals surface area contributed by atoms with Crippen molar-refractivity contribution in [1.82, 2.24) is 24.8 Å². The molecule has 0 aliphatic carbocycles. The molecule has 0 aliphatic rings. The number of nitrogens with one attached hydrogen (secondary N) is 2. The van der Waals surface area contributed by atoms with Gasteiger partial charge >= 0.3 is 0 Å². The Morgan fingerprint density at radius 1 is 1.20 bits per heavy atom. The van der Waals surface area contributed by atoms with Crippen LogP contribution in [-0.2, 0) is 0 Å². The molecule has 0 spiro atoms. The largest absolute Gasteiger partial charge is 0.383 e. The van der Waals surface area contributed by atoms with Crippen LogP contribution >= 0.6 is 0 Å². The second-order valence-electron chi connectivity index (χ2n) is 4.48. The van der Waals surface area contributed by atoms with E-state index in [1.165, 1.54) is 0 Å². The van der Waals surface area contributed by atoms with Crippen molar-refractivity contribution < 1.29 is 0 Å². The minimum atomic E-state index is -0.279. The van der Waals surface area contributed by atoms with Crippen molar-refractivity contribution >= 4 is 22.5 Å². The van der Waals surface area contributed by atoms with Crippen LogP contribution in [0.5, 0.6) is 0 Å². The Balaban J connectivity index is 2.10. The molecule has 3 heterocycles. The van der Waals surface area contributed by atoms with Crippen molar-refractivity contribution in [3.05, 3.63) is 46.8 Å². The first-order valence-electron chi connectivity index (χ1n) is 6.05. The smallest absolute Gasteiger partial charge is 0.264 e. The van der Waals surface area contributed by atoms with Crippen LogP contribution < -0.4 is 11.3 Å². The number of anilines is 1. The van der Waals surface area contributed by atoms with Crippen molar-refractivity contribution in [2.75, 3.05) is 5.73 Å². The van der Waals surface area contributed by atoms with E-state index in [0.29, 0.717) is 16.7 Å². The van der Waals surface area contributed by atoms with E-state index in [0.717, 1.165) is 11.3 Å². The average Bonchev–Trinajstić information content (AvgIpc) is 3.04. The maximum Gasteiger partial charge on any atom is 0.264 e. The lowest BCUT2D eigenvalue weighted by atomic mass is 10.2. The molecule has 0 amide bonds. The number of nitrogens with zero attached hydrogens (tertiary/aromatic N) is 3. The maximum atomic E-state index is 12.0. The standard InChI is InChI=1S/C13H10N6O/c14-11-10-12(17-16-11)19-9(15-13(10)20)6-8(18-19)7-4-2-1-3-5-7/h1-6H,(H,15,20)(H3,14,16,17). The van der Waals surface area contributed by atoms with Crippen molar-refractivity contribution in [2.24, 2.45) is 0 Å². The summed E-state index contributed by atoms with van der Waals surface area (Å²) in [6.07, 6.45) is 0.